The average molecular weight is 314 g/mol. The Balaban J connectivity index is 1.56. The first-order chi connectivity index (χ1) is 11.2. The van der Waals surface area contributed by atoms with Crippen LogP contribution in [-0.2, 0) is 13.0 Å². The van der Waals surface area contributed by atoms with E-state index in [1.807, 2.05) is 0 Å². The molecule has 0 aliphatic carbocycles. The van der Waals surface area contributed by atoms with Crippen LogP contribution in [-0.4, -0.2) is 41.2 Å². The molecule has 0 radical (unpaired) electrons. The zero-order valence-corrected chi connectivity index (χ0v) is 14.4. The SMILES string of the molecule is CCCc1noc(CN2CCN(c3cccc(C)c3C)CC2)n1. The van der Waals surface area contributed by atoms with Crippen LogP contribution in [0.1, 0.15) is 36.2 Å². The maximum atomic E-state index is 5.35. The van der Waals surface area contributed by atoms with Gasteiger partial charge in [-0.3, -0.25) is 4.90 Å². The number of anilines is 1. The van der Waals surface area contributed by atoms with E-state index in [0.717, 1.165) is 57.3 Å². The lowest BCUT2D eigenvalue weighted by Gasteiger charge is -2.36. The van der Waals surface area contributed by atoms with Gasteiger partial charge in [-0.15, -0.1) is 0 Å². The van der Waals surface area contributed by atoms with Crippen molar-refractivity contribution in [2.24, 2.45) is 0 Å². The molecule has 1 fully saturated rings. The van der Waals surface area contributed by atoms with Crippen LogP contribution in [0.25, 0.3) is 0 Å². The summed E-state index contributed by atoms with van der Waals surface area (Å²) < 4.78 is 5.35. The summed E-state index contributed by atoms with van der Waals surface area (Å²) in [5.41, 5.74) is 4.12. The van der Waals surface area contributed by atoms with E-state index in [4.69, 9.17) is 4.52 Å². The minimum absolute atomic E-state index is 0.744. The first kappa shape index (κ1) is 16.0. The number of piperazine rings is 1. The minimum Gasteiger partial charge on any atom is -0.369 e. The molecule has 0 saturated carbocycles. The Labute approximate surface area is 138 Å². The van der Waals surface area contributed by atoms with Gasteiger partial charge in [0.2, 0.25) is 5.89 Å². The summed E-state index contributed by atoms with van der Waals surface area (Å²) >= 11 is 0. The molecule has 1 aromatic heterocycles. The van der Waals surface area contributed by atoms with Gasteiger partial charge >= 0.3 is 0 Å². The summed E-state index contributed by atoms with van der Waals surface area (Å²) in [4.78, 5) is 9.34. The fourth-order valence-electron chi connectivity index (χ4n) is 3.10. The van der Waals surface area contributed by atoms with E-state index in [1.54, 1.807) is 0 Å². The van der Waals surface area contributed by atoms with Crippen LogP contribution >= 0.6 is 0 Å². The number of aryl methyl sites for hydroxylation is 2. The standard InChI is InChI=1S/C18H26N4O/c1-4-6-17-19-18(23-20-17)13-21-9-11-22(12-10-21)16-8-5-7-14(2)15(16)3/h5,7-8H,4,6,9-13H2,1-3H3. The second-order valence-corrected chi connectivity index (χ2v) is 6.34. The third-order valence-corrected chi connectivity index (χ3v) is 4.63. The van der Waals surface area contributed by atoms with Crippen molar-refractivity contribution in [3.8, 4) is 0 Å². The normalized spacial score (nSPS) is 16.0. The van der Waals surface area contributed by atoms with Crippen LogP contribution in [0.4, 0.5) is 5.69 Å². The number of benzene rings is 1. The second-order valence-electron chi connectivity index (χ2n) is 6.34. The monoisotopic (exact) mass is 314 g/mol. The molecule has 1 aliphatic rings. The number of hydrogen-bond acceptors (Lipinski definition) is 5. The number of aromatic nitrogens is 2. The fourth-order valence-corrected chi connectivity index (χ4v) is 3.10. The number of hydrogen-bond donors (Lipinski definition) is 0. The first-order valence-electron chi connectivity index (χ1n) is 8.52. The molecule has 0 spiro atoms. The molecule has 1 saturated heterocycles. The maximum Gasteiger partial charge on any atom is 0.240 e. The van der Waals surface area contributed by atoms with Crippen molar-refractivity contribution in [3.05, 3.63) is 41.0 Å². The molecule has 5 heteroatoms. The molecule has 0 unspecified atom stereocenters. The lowest BCUT2D eigenvalue weighted by Crippen LogP contribution is -2.46. The predicted octanol–water partition coefficient (Wildman–Crippen LogP) is 2.96. The Bertz CT molecular complexity index is 644. The highest BCUT2D eigenvalue weighted by molar-refractivity contribution is 5.56. The smallest absolute Gasteiger partial charge is 0.240 e. The van der Waals surface area contributed by atoms with Crippen LogP contribution in [0.2, 0.25) is 0 Å². The van der Waals surface area contributed by atoms with Crippen molar-refractivity contribution in [2.75, 3.05) is 31.1 Å². The van der Waals surface area contributed by atoms with Crippen molar-refractivity contribution < 1.29 is 4.52 Å². The molecule has 23 heavy (non-hydrogen) atoms. The van der Waals surface area contributed by atoms with E-state index in [1.165, 1.54) is 16.8 Å². The van der Waals surface area contributed by atoms with Gasteiger partial charge in [0.25, 0.3) is 0 Å². The molecule has 2 heterocycles. The zero-order chi connectivity index (χ0) is 16.2. The van der Waals surface area contributed by atoms with Crippen molar-refractivity contribution in [1.82, 2.24) is 15.0 Å². The van der Waals surface area contributed by atoms with Gasteiger partial charge < -0.3 is 9.42 Å². The van der Waals surface area contributed by atoms with E-state index in [-0.39, 0.29) is 0 Å². The topological polar surface area (TPSA) is 45.4 Å². The third kappa shape index (κ3) is 3.72. The molecule has 2 aromatic rings. The zero-order valence-electron chi connectivity index (χ0n) is 14.4. The van der Waals surface area contributed by atoms with Gasteiger partial charge in [0.1, 0.15) is 0 Å². The van der Waals surface area contributed by atoms with E-state index < -0.39 is 0 Å². The first-order valence-corrected chi connectivity index (χ1v) is 8.52. The molecular weight excluding hydrogens is 288 g/mol. The highest BCUT2D eigenvalue weighted by atomic mass is 16.5. The summed E-state index contributed by atoms with van der Waals surface area (Å²) in [5, 5.41) is 4.03. The van der Waals surface area contributed by atoms with Gasteiger partial charge in [0, 0.05) is 38.3 Å². The van der Waals surface area contributed by atoms with Gasteiger partial charge in [0.05, 0.1) is 6.54 Å². The molecular formula is C18H26N4O. The Morgan fingerprint density at radius 3 is 2.65 bits per heavy atom. The maximum absolute atomic E-state index is 5.35. The summed E-state index contributed by atoms with van der Waals surface area (Å²) in [6.07, 6.45) is 1.94. The van der Waals surface area contributed by atoms with E-state index in [2.05, 4.69) is 58.9 Å². The van der Waals surface area contributed by atoms with Crippen molar-refractivity contribution >= 4 is 5.69 Å². The summed E-state index contributed by atoms with van der Waals surface area (Å²) in [6, 6.07) is 6.56. The third-order valence-electron chi connectivity index (χ3n) is 4.63. The van der Waals surface area contributed by atoms with Gasteiger partial charge in [0.15, 0.2) is 5.82 Å². The van der Waals surface area contributed by atoms with Crippen molar-refractivity contribution in [3.63, 3.8) is 0 Å². The molecule has 3 rings (SSSR count). The van der Waals surface area contributed by atoms with Gasteiger partial charge in [-0.05, 0) is 37.5 Å². The second kappa shape index (κ2) is 7.13. The Morgan fingerprint density at radius 2 is 1.91 bits per heavy atom. The molecule has 1 aromatic carbocycles. The predicted molar refractivity (Wildman–Crippen MR) is 91.7 cm³/mol. The Morgan fingerprint density at radius 1 is 1.13 bits per heavy atom. The van der Waals surface area contributed by atoms with Crippen molar-refractivity contribution in [2.45, 2.75) is 40.2 Å². The summed E-state index contributed by atoms with van der Waals surface area (Å²) in [7, 11) is 0. The van der Waals surface area contributed by atoms with Crippen molar-refractivity contribution in [1.29, 1.82) is 0 Å². The Kier molecular flexibility index (Phi) is 4.96. The van der Waals surface area contributed by atoms with E-state index in [0.29, 0.717) is 0 Å². The molecule has 124 valence electrons. The van der Waals surface area contributed by atoms with Crippen LogP contribution in [0.3, 0.4) is 0 Å². The molecule has 5 nitrogen and oxygen atoms in total. The minimum atomic E-state index is 0.744. The summed E-state index contributed by atoms with van der Waals surface area (Å²) in [5.74, 6) is 1.57. The largest absolute Gasteiger partial charge is 0.369 e. The average Bonchev–Trinajstić information content (AvgIpc) is 2.99. The number of nitrogens with zero attached hydrogens (tertiary/aromatic N) is 4. The van der Waals surface area contributed by atoms with Crippen LogP contribution in [0.5, 0.6) is 0 Å². The van der Waals surface area contributed by atoms with Crippen LogP contribution in [0.15, 0.2) is 22.7 Å². The van der Waals surface area contributed by atoms with E-state index in [9.17, 15) is 0 Å². The van der Waals surface area contributed by atoms with Crippen LogP contribution < -0.4 is 4.90 Å². The highest BCUT2D eigenvalue weighted by Gasteiger charge is 2.20. The lowest BCUT2D eigenvalue weighted by molar-refractivity contribution is 0.215. The summed E-state index contributed by atoms with van der Waals surface area (Å²) in [6.45, 7) is 11.4. The van der Waals surface area contributed by atoms with E-state index >= 15 is 0 Å². The van der Waals surface area contributed by atoms with Gasteiger partial charge in [-0.25, -0.2) is 0 Å². The number of rotatable bonds is 5. The lowest BCUT2D eigenvalue weighted by atomic mass is 10.1. The molecule has 0 amide bonds. The highest BCUT2D eigenvalue weighted by Crippen LogP contribution is 2.24. The fraction of sp³-hybridized carbons (Fsp3) is 0.556. The van der Waals surface area contributed by atoms with Gasteiger partial charge in [-0.2, -0.15) is 4.98 Å². The van der Waals surface area contributed by atoms with Gasteiger partial charge in [-0.1, -0.05) is 24.2 Å². The van der Waals surface area contributed by atoms with Crippen LogP contribution in [0, 0.1) is 13.8 Å². The quantitative estimate of drug-likeness (QED) is 0.849. The Hall–Kier alpha value is -1.88. The molecule has 0 bridgehead atoms. The molecule has 1 aliphatic heterocycles. The molecule has 0 atom stereocenters. The molecule has 0 N–H and O–H groups in total.